The fraction of sp³-hybridized carbons (Fsp3) is 0.294. The van der Waals surface area contributed by atoms with Crippen LogP contribution in [0.4, 0.5) is 0 Å². The van der Waals surface area contributed by atoms with Crippen LogP contribution >= 0.6 is 0 Å². The Morgan fingerprint density at radius 1 is 1.27 bits per heavy atom. The van der Waals surface area contributed by atoms with Crippen molar-refractivity contribution >= 4 is 5.91 Å². The van der Waals surface area contributed by atoms with Crippen LogP contribution < -0.4 is 9.47 Å². The first-order chi connectivity index (χ1) is 10.7. The highest BCUT2D eigenvalue weighted by atomic mass is 16.5. The van der Waals surface area contributed by atoms with Crippen molar-refractivity contribution in [3.8, 4) is 11.5 Å². The molecule has 1 fully saturated rings. The number of carbonyl (C=O) groups excluding carboxylic acids is 1. The highest BCUT2D eigenvalue weighted by molar-refractivity contribution is 5.79. The number of hydrogen-bond donors (Lipinski definition) is 0. The number of rotatable bonds is 5. The van der Waals surface area contributed by atoms with E-state index in [-0.39, 0.29) is 12.0 Å². The minimum atomic E-state index is 0.0541. The molecule has 0 radical (unpaired) electrons. The van der Waals surface area contributed by atoms with Gasteiger partial charge in [-0.3, -0.25) is 9.78 Å². The lowest BCUT2D eigenvalue weighted by molar-refractivity contribution is -0.139. The third kappa shape index (κ3) is 3.36. The van der Waals surface area contributed by atoms with Crippen LogP contribution in [0.5, 0.6) is 11.5 Å². The third-order valence-electron chi connectivity index (χ3n) is 3.63. The van der Waals surface area contributed by atoms with Crippen LogP contribution in [0.2, 0.25) is 0 Å². The molecule has 2 aromatic rings. The van der Waals surface area contributed by atoms with Crippen molar-refractivity contribution in [1.29, 1.82) is 0 Å². The summed E-state index contributed by atoms with van der Waals surface area (Å²) in [4.78, 5) is 18.0. The predicted molar refractivity (Wildman–Crippen MR) is 81.9 cm³/mol. The molecule has 2 heterocycles. The Balaban J connectivity index is 1.49. The maximum Gasteiger partial charge on any atom is 0.227 e. The molecule has 0 bridgehead atoms. The van der Waals surface area contributed by atoms with Gasteiger partial charge in [0.2, 0.25) is 5.91 Å². The molecule has 1 aromatic carbocycles. The van der Waals surface area contributed by atoms with Gasteiger partial charge in [0.25, 0.3) is 0 Å². The highest BCUT2D eigenvalue weighted by Crippen LogP contribution is 2.19. The average molecular weight is 298 g/mol. The standard InChI is InChI=1S/C17H18N2O3/c1-21-14-5-2-4-13(8-14)9-17(20)19-11-16(12-19)22-15-6-3-7-18-10-15/h2-8,10,16H,9,11-12H2,1H3. The Hall–Kier alpha value is -2.56. The molecule has 0 spiro atoms. The number of nitrogens with zero attached hydrogens (tertiary/aromatic N) is 2. The predicted octanol–water partition coefficient (Wildman–Crippen LogP) is 1.92. The summed E-state index contributed by atoms with van der Waals surface area (Å²) in [5.41, 5.74) is 0.959. The van der Waals surface area contributed by atoms with Crippen LogP contribution in [0.15, 0.2) is 48.8 Å². The minimum absolute atomic E-state index is 0.0541. The smallest absolute Gasteiger partial charge is 0.227 e. The Morgan fingerprint density at radius 2 is 2.09 bits per heavy atom. The average Bonchev–Trinajstić information content (AvgIpc) is 2.51. The Labute approximate surface area is 129 Å². The van der Waals surface area contributed by atoms with E-state index in [4.69, 9.17) is 9.47 Å². The number of aromatic nitrogens is 1. The van der Waals surface area contributed by atoms with Gasteiger partial charge in [-0.2, -0.15) is 0 Å². The van der Waals surface area contributed by atoms with Crippen LogP contribution in [0.1, 0.15) is 5.56 Å². The van der Waals surface area contributed by atoms with E-state index in [2.05, 4.69) is 4.98 Å². The number of methoxy groups -OCH3 is 1. The van der Waals surface area contributed by atoms with E-state index in [1.54, 1.807) is 24.4 Å². The van der Waals surface area contributed by atoms with Crippen molar-refractivity contribution in [3.63, 3.8) is 0 Å². The molecular weight excluding hydrogens is 280 g/mol. The first kappa shape index (κ1) is 14.4. The van der Waals surface area contributed by atoms with Crippen LogP contribution in [-0.2, 0) is 11.2 Å². The first-order valence-corrected chi connectivity index (χ1v) is 7.22. The molecule has 5 nitrogen and oxygen atoms in total. The zero-order valence-corrected chi connectivity index (χ0v) is 12.4. The van der Waals surface area contributed by atoms with Gasteiger partial charge < -0.3 is 14.4 Å². The number of pyridine rings is 1. The molecule has 1 aliphatic heterocycles. The van der Waals surface area contributed by atoms with Crippen molar-refractivity contribution in [1.82, 2.24) is 9.88 Å². The molecule has 0 aliphatic carbocycles. The summed E-state index contributed by atoms with van der Waals surface area (Å²) in [6.45, 7) is 1.25. The maximum atomic E-state index is 12.2. The lowest BCUT2D eigenvalue weighted by Gasteiger charge is -2.39. The van der Waals surface area contributed by atoms with E-state index < -0.39 is 0 Å². The number of hydrogen-bond acceptors (Lipinski definition) is 4. The van der Waals surface area contributed by atoms with Gasteiger partial charge in [-0.1, -0.05) is 12.1 Å². The third-order valence-corrected chi connectivity index (χ3v) is 3.63. The molecule has 0 saturated carbocycles. The van der Waals surface area contributed by atoms with E-state index in [0.29, 0.717) is 19.5 Å². The molecule has 1 saturated heterocycles. The van der Waals surface area contributed by atoms with Gasteiger partial charge in [-0.25, -0.2) is 0 Å². The molecular formula is C17H18N2O3. The second-order valence-corrected chi connectivity index (χ2v) is 5.26. The zero-order valence-electron chi connectivity index (χ0n) is 12.4. The molecule has 5 heteroatoms. The zero-order chi connectivity index (χ0) is 15.4. The Kier molecular flexibility index (Phi) is 4.23. The second-order valence-electron chi connectivity index (χ2n) is 5.26. The number of benzene rings is 1. The molecule has 0 N–H and O–H groups in total. The number of amides is 1. The molecule has 3 rings (SSSR count). The SMILES string of the molecule is COc1cccc(CC(=O)N2CC(Oc3cccnc3)C2)c1. The van der Waals surface area contributed by atoms with Crippen LogP contribution in [0.3, 0.4) is 0 Å². The fourth-order valence-electron chi connectivity index (χ4n) is 2.39. The summed E-state index contributed by atoms with van der Waals surface area (Å²) in [7, 11) is 1.62. The van der Waals surface area contributed by atoms with E-state index >= 15 is 0 Å². The van der Waals surface area contributed by atoms with E-state index in [0.717, 1.165) is 17.1 Å². The lowest BCUT2D eigenvalue weighted by Crippen LogP contribution is -2.56. The largest absolute Gasteiger partial charge is 0.497 e. The van der Waals surface area contributed by atoms with Crippen LogP contribution in [0.25, 0.3) is 0 Å². The van der Waals surface area contributed by atoms with Crippen LogP contribution in [0, 0.1) is 0 Å². The molecule has 0 atom stereocenters. The van der Waals surface area contributed by atoms with Gasteiger partial charge in [0.05, 0.1) is 32.8 Å². The van der Waals surface area contributed by atoms with Crippen molar-refractivity contribution in [2.24, 2.45) is 0 Å². The Morgan fingerprint density at radius 3 is 2.82 bits per heavy atom. The second kappa shape index (κ2) is 6.47. The molecule has 0 unspecified atom stereocenters. The summed E-state index contributed by atoms with van der Waals surface area (Å²) in [5.74, 6) is 1.62. The molecule has 114 valence electrons. The van der Waals surface area contributed by atoms with Gasteiger partial charge in [0.1, 0.15) is 17.6 Å². The van der Waals surface area contributed by atoms with Gasteiger partial charge >= 0.3 is 0 Å². The number of ether oxygens (including phenoxy) is 2. The summed E-state index contributed by atoms with van der Waals surface area (Å²) < 4.78 is 10.9. The number of likely N-dealkylation sites (tertiary alicyclic amines) is 1. The summed E-state index contributed by atoms with van der Waals surface area (Å²) in [5, 5.41) is 0. The van der Waals surface area contributed by atoms with E-state index in [1.807, 2.05) is 36.4 Å². The summed E-state index contributed by atoms with van der Waals surface area (Å²) in [6.07, 6.45) is 3.83. The fourth-order valence-corrected chi connectivity index (χ4v) is 2.39. The monoisotopic (exact) mass is 298 g/mol. The normalized spacial score (nSPS) is 14.3. The van der Waals surface area contributed by atoms with Crippen molar-refractivity contribution in [3.05, 3.63) is 54.4 Å². The Bertz CT molecular complexity index is 639. The van der Waals surface area contributed by atoms with Gasteiger partial charge in [-0.05, 0) is 29.8 Å². The molecule has 1 aromatic heterocycles. The molecule has 22 heavy (non-hydrogen) atoms. The summed E-state index contributed by atoms with van der Waals surface area (Å²) in [6, 6.07) is 11.3. The lowest BCUT2D eigenvalue weighted by atomic mass is 10.1. The van der Waals surface area contributed by atoms with Crippen LogP contribution in [-0.4, -0.2) is 42.1 Å². The van der Waals surface area contributed by atoms with Crippen molar-refractivity contribution in [2.45, 2.75) is 12.5 Å². The van der Waals surface area contributed by atoms with E-state index in [9.17, 15) is 4.79 Å². The quantitative estimate of drug-likeness (QED) is 0.846. The minimum Gasteiger partial charge on any atom is -0.497 e. The molecule has 1 aliphatic rings. The van der Waals surface area contributed by atoms with Gasteiger partial charge in [0, 0.05) is 6.20 Å². The van der Waals surface area contributed by atoms with Gasteiger partial charge in [0.15, 0.2) is 0 Å². The number of carbonyl (C=O) groups is 1. The van der Waals surface area contributed by atoms with Crippen molar-refractivity contribution in [2.75, 3.05) is 20.2 Å². The van der Waals surface area contributed by atoms with E-state index in [1.165, 1.54) is 0 Å². The first-order valence-electron chi connectivity index (χ1n) is 7.22. The maximum absolute atomic E-state index is 12.2. The summed E-state index contributed by atoms with van der Waals surface area (Å²) >= 11 is 0. The molecule has 1 amide bonds. The topological polar surface area (TPSA) is 51.7 Å². The van der Waals surface area contributed by atoms with Gasteiger partial charge in [-0.15, -0.1) is 0 Å². The van der Waals surface area contributed by atoms with Crippen molar-refractivity contribution < 1.29 is 14.3 Å². The highest BCUT2D eigenvalue weighted by Gasteiger charge is 2.32.